The number of rotatable bonds is 5. The Morgan fingerprint density at radius 2 is 1.65 bits per heavy atom. The van der Waals surface area contributed by atoms with Gasteiger partial charge in [0.1, 0.15) is 0 Å². The fourth-order valence-electron chi connectivity index (χ4n) is 2.65. The zero-order chi connectivity index (χ0) is 14.5. The second kappa shape index (κ2) is 6.71. The van der Waals surface area contributed by atoms with Crippen molar-refractivity contribution >= 4 is 0 Å². The molecule has 1 atom stereocenters. The van der Waals surface area contributed by atoms with Crippen LogP contribution >= 0.6 is 0 Å². The van der Waals surface area contributed by atoms with Gasteiger partial charge in [0.25, 0.3) is 0 Å². The summed E-state index contributed by atoms with van der Waals surface area (Å²) >= 11 is 0. The maximum Gasteiger partial charge on any atom is 0.0363 e. The molecule has 0 amide bonds. The molecule has 1 heteroatoms. The topological polar surface area (TPSA) is 12.0 Å². The molecule has 0 heterocycles. The number of hydrogen-bond acceptors (Lipinski definition) is 1. The van der Waals surface area contributed by atoms with Gasteiger partial charge < -0.3 is 5.32 Å². The molecule has 1 unspecified atom stereocenters. The molecule has 2 rings (SSSR count). The maximum atomic E-state index is 3.63. The third kappa shape index (κ3) is 3.49. The third-order valence-corrected chi connectivity index (χ3v) is 4.03. The molecule has 0 saturated carbocycles. The van der Waals surface area contributed by atoms with Crippen LogP contribution in [0, 0.1) is 20.8 Å². The van der Waals surface area contributed by atoms with E-state index < -0.39 is 0 Å². The number of nitrogens with one attached hydrogen (secondary N) is 1. The molecule has 0 aliphatic heterocycles. The standard InChI is InChI=1S/C19H25N/c1-5-20-19(13-17-11-9-14(2)10-12-17)18-8-6-7-15(3)16(18)4/h6-12,19-20H,5,13H2,1-4H3. The molecule has 0 aromatic heterocycles. The molecule has 0 fully saturated rings. The summed E-state index contributed by atoms with van der Waals surface area (Å²) in [4.78, 5) is 0. The van der Waals surface area contributed by atoms with E-state index in [1.54, 1.807) is 0 Å². The van der Waals surface area contributed by atoms with E-state index in [0.717, 1.165) is 13.0 Å². The molecule has 1 N–H and O–H groups in total. The molecular weight excluding hydrogens is 242 g/mol. The lowest BCUT2D eigenvalue weighted by molar-refractivity contribution is 0.547. The first-order valence-corrected chi connectivity index (χ1v) is 7.47. The van der Waals surface area contributed by atoms with E-state index in [2.05, 4.69) is 75.5 Å². The van der Waals surface area contributed by atoms with Gasteiger partial charge in [0, 0.05) is 6.04 Å². The molecule has 0 spiro atoms. The van der Waals surface area contributed by atoms with Crippen molar-refractivity contribution in [3.63, 3.8) is 0 Å². The monoisotopic (exact) mass is 267 g/mol. The molecular formula is C19H25N. The van der Waals surface area contributed by atoms with E-state index in [-0.39, 0.29) is 0 Å². The normalized spacial score (nSPS) is 12.4. The molecule has 0 radical (unpaired) electrons. The highest BCUT2D eigenvalue weighted by atomic mass is 14.9. The largest absolute Gasteiger partial charge is 0.310 e. The molecule has 20 heavy (non-hydrogen) atoms. The van der Waals surface area contributed by atoms with Gasteiger partial charge in [-0.1, -0.05) is 55.0 Å². The Labute approximate surface area is 123 Å². The Morgan fingerprint density at radius 3 is 2.30 bits per heavy atom. The predicted octanol–water partition coefficient (Wildman–Crippen LogP) is 4.51. The quantitative estimate of drug-likeness (QED) is 0.840. The van der Waals surface area contributed by atoms with Crippen LogP contribution in [0.4, 0.5) is 0 Å². The molecule has 1 nitrogen and oxygen atoms in total. The average molecular weight is 267 g/mol. The van der Waals surface area contributed by atoms with Gasteiger partial charge in [0.05, 0.1) is 0 Å². The number of benzene rings is 2. The second-order valence-electron chi connectivity index (χ2n) is 5.59. The van der Waals surface area contributed by atoms with Crippen LogP contribution in [0.5, 0.6) is 0 Å². The number of hydrogen-bond donors (Lipinski definition) is 1. The van der Waals surface area contributed by atoms with Crippen LogP contribution in [-0.2, 0) is 6.42 Å². The molecule has 2 aromatic carbocycles. The van der Waals surface area contributed by atoms with Crippen LogP contribution in [-0.4, -0.2) is 6.54 Å². The molecule has 0 aliphatic carbocycles. The summed E-state index contributed by atoms with van der Waals surface area (Å²) in [5.41, 5.74) is 6.91. The van der Waals surface area contributed by atoms with Crippen LogP contribution in [0.1, 0.15) is 40.8 Å². The van der Waals surface area contributed by atoms with Crippen LogP contribution in [0.15, 0.2) is 42.5 Å². The van der Waals surface area contributed by atoms with Crippen LogP contribution < -0.4 is 5.32 Å². The van der Waals surface area contributed by atoms with Gasteiger partial charge in [-0.05, 0) is 56.0 Å². The number of likely N-dealkylation sites (N-methyl/N-ethyl adjacent to an activating group) is 1. The Hall–Kier alpha value is -1.60. The zero-order valence-corrected chi connectivity index (χ0v) is 13.0. The van der Waals surface area contributed by atoms with Crippen molar-refractivity contribution in [3.8, 4) is 0 Å². The Balaban J connectivity index is 2.26. The highest BCUT2D eigenvalue weighted by Crippen LogP contribution is 2.24. The van der Waals surface area contributed by atoms with E-state index in [0.29, 0.717) is 6.04 Å². The summed E-state index contributed by atoms with van der Waals surface area (Å²) in [6.45, 7) is 9.71. The van der Waals surface area contributed by atoms with Gasteiger partial charge in [-0.15, -0.1) is 0 Å². The lowest BCUT2D eigenvalue weighted by Gasteiger charge is -2.21. The van der Waals surface area contributed by atoms with Crippen molar-refractivity contribution in [2.45, 2.75) is 40.2 Å². The Kier molecular flexibility index (Phi) is 4.97. The molecule has 106 valence electrons. The SMILES string of the molecule is CCNC(Cc1ccc(C)cc1)c1cccc(C)c1C. The average Bonchev–Trinajstić information content (AvgIpc) is 2.44. The summed E-state index contributed by atoms with van der Waals surface area (Å²) in [5, 5.41) is 3.63. The van der Waals surface area contributed by atoms with Crippen molar-refractivity contribution in [1.82, 2.24) is 5.32 Å². The Bertz CT molecular complexity index is 554. The van der Waals surface area contributed by atoms with E-state index in [4.69, 9.17) is 0 Å². The van der Waals surface area contributed by atoms with Gasteiger partial charge in [0.15, 0.2) is 0 Å². The smallest absolute Gasteiger partial charge is 0.0363 e. The van der Waals surface area contributed by atoms with Crippen LogP contribution in [0.3, 0.4) is 0 Å². The highest BCUT2D eigenvalue weighted by Gasteiger charge is 2.14. The van der Waals surface area contributed by atoms with Crippen LogP contribution in [0.25, 0.3) is 0 Å². The van der Waals surface area contributed by atoms with Crippen molar-refractivity contribution in [3.05, 3.63) is 70.3 Å². The van der Waals surface area contributed by atoms with Gasteiger partial charge in [-0.25, -0.2) is 0 Å². The van der Waals surface area contributed by atoms with E-state index >= 15 is 0 Å². The predicted molar refractivity (Wildman–Crippen MR) is 87.2 cm³/mol. The third-order valence-electron chi connectivity index (χ3n) is 4.03. The summed E-state index contributed by atoms with van der Waals surface area (Å²) in [7, 11) is 0. The first-order chi connectivity index (χ1) is 9.61. The van der Waals surface area contributed by atoms with Gasteiger partial charge >= 0.3 is 0 Å². The highest BCUT2D eigenvalue weighted by molar-refractivity contribution is 5.36. The molecule has 0 saturated heterocycles. The number of aryl methyl sites for hydroxylation is 2. The van der Waals surface area contributed by atoms with E-state index in [1.807, 2.05) is 0 Å². The van der Waals surface area contributed by atoms with Crippen molar-refractivity contribution in [2.75, 3.05) is 6.54 Å². The second-order valence-corrected chi connectivity index (χ2v) is 5.59. The summed E-state index contributed by atoms with van der Waals surface area (Å²) < 4.78 is 0. The summed E-state index contributed by atoms with van der Waals surface area (Å²) in [6.07, 6.45) is 1.04. The van der Waals surface area contributed by atoms with Gasteiger partial charge in [-0.3, -0.25) is 0 Å². The summed E-state index contributed by atoms with van der Waals surface area (Å²) in [5.74, 6) is 0. The van der Waals surface area contributed by atoms with E-state index in [1.165, 1.54) is 27.8 Å². The van der Waals surface area contributed by atoms with Crippen LogP contribution in [0.2, 0.25) is 0 Å². The zero-order valence-electron chi connectivity index (χ0n) is 13.0. The van der Waals surface area contributed by atoms with E-state index in [9.17, 15) is 0 Å². The van der Waals surface area contributed by atoms with Crippen molar-refractivity contribution in [1.29, 1.82) is 0 Å². The van der Waals surface area contributed by atoms with Gasteiger partial charge in [0.2, 0.25) is 0 Å². The molecule has 2 aromatic rings. The summed E-state index contributed by atoms with van der Waals surface area (Å²) in [6, 6.07) is 15.9. The van der Waals surface area contributed by atoms with Gasteiger partial charge in [-0.2, -0.15) is 0 Å². The maximum absolute atomic E-state index is 3.63. The fourth-order valence-corrected chi connectivity index (χ4v) is 2.65. The first-order valence-electron chi connectivity index (χ1n) is 7.47. The molecule has 0 aliphatic rings. The fraction of sp³-hybridized carbons (Fsp3) is 0.368. The minimum atomic E-state index is 0.391. The van der Waals surface area contributed by atoms with Crippen molar-refractivity contribution < 1.29 is 0 Å². The lowest BCUT2D eigenvalue weighted by atomic mass is 9.93. The minimum absolute atomic E-state index is 0.391. The minimum Gasteiger partial charge on any atom is -0.310 e. The van der Waals surface area contributed by atoms with Crippen molar-refractivity contribution in [2.24, 2.45) is 0 Å². The Morgan fingerprint density at radius 1 is 0.950 bits per heavy atom. The molecule has 0 bridgehead atoms. The lowest BCUT2D eigenvalue weighted by Crippen LogP contribution is -2.24. The first kappa shape index (κ1) is 14.8.